The maximum Gasteiger partial charge on any atom is 0.375 e. The molecule has 0 aliphatic rings. The second-order valence-corrected chi connectivity index (χ2v) is 7.39. The highest BCUT2D eigenvalue weighted by Gasteiger charge is 2.23. The number of rotatable bonds is 9. The molecule has 7 nitrogen and oxygen atoms in total. The third-order valence-electron chi connectivity index (χ3n) is 4.12. The van der Waals surface area contributed by atoms with E-state index >= 15 is 0 Å². The van der Waals surface area contributed by atoms with Gasteiger partial charge in [-0.3, -0.25) is 9.59 Å². The molecule has 0 unspecified atom stereocenters. The molecule has 2 heterocycles. The number of Topliss-reactive ketones (excluding diaryl/α,β-unsaturated/α-hetero) is 1. The quantitative estimate of drug-likeness (QED) is 0.423. The number of esters is 1. The molecule has 0 atom stereocenters. The number of furan rings is 1. The van der Waals surface area contributed by atoms with Crippen LogP contribution in [0.5, 0.6) is 0 Å². The van der Waals surface area contributed by atoms with Gasteiger partial charge in [-0.1, -0.05) is 18.2 Å². The first-order chi connectivity index (χ1) is 14.0. The zero-order valence-corrected chi connectivity index (χ0v) is 17.0. The third-order valence-corrected chi connectivity index (χ3v) is 5.24. The largest absolute Gasteiger partial charge is 0.451 e. The Bertz CT molecular complexity index is 1030. The summed E-state index contributed by atoms with van der Waals surface area (Å²) in [6, 6.07) is 10.7. The van der Waals surface area contributed by atoms with Crippen LogP contribution < -0.4 is 5.32 Å². The van der Waals surface area contributed by atoms with Gasteiger partial charge in [0, 0.05) is 29.4 Å². The van der Waals surface area contributed by atoms with E-state index in [2.05, 4.69) is 5.32 Å². The maximum absolute atomic E-state index is 12.5. The highest BCUT2D eigenvalue weighted by atomic mass is 32.1. The summed E-state index contributed by atoms with van der Waals surface area (Å²) in [5.74, 6) is -1.13. The lowest BCUT2D eigenvalue weighted by Crippen LogP contribution is -2.18. The van der Waals surface area contributed by atoms with Crippen molar-refractivity contribution >= 4 is 40.0 Å². The van der Waals surface area contributed by atoms with E-state index in [9.17, 15) is 14.4 Å². The zero-order chi connectivity index (χ0) is 20.8. The van der Waals surface area contributed by atoms with E-state index in [0.717, 1.165) is 10.3 Å². The summed E-state index contributed by atoms with van der Waals surface area (Å²) in [5.41, 5.74) is 1.16. The number of thiophene rings is 1. The second kappa shape index (κ2) is 9.49. The smallest absolute Gasteiger partial charge is 0.375 e. The van der Waals surface area contributed by atoms with Gasteiger partial charge in [0.15, 0.2) is 6.61 Å². The SMILES string of the molecule is CCOCc1c(C(=O)OCC(=O)c2ccc(CNC(C)=O)s2)oc2ccccc12. The van der Waals surface area contributed by atoms with E-state index in [0.29, 0.717) is 29.2 Å². The van der Waals surface area contributed by atoms with Crippen molar-refractivity contribution in [3.8, 4) is 0 Å². The molecule has 3 aromatic rings. The van der Waals surface area contributed by atoms with Crippen molar-refractivity contribution in [2.24, 2.45) is 0 Å². The Labute approximate surface area is 171 Å². The van der Waals surface area contributed by atoms with Crippen molar-refractivity contribution in [1.82, 2.24) is 5.32 Å². The predicted molar refractivity (Wildman–Crippen MR) is 108 cm³/mol. The lowest BCUT2D eigenvalue weighted by Gasteiger charge is -2.04. The lowest BCUT2D eigenvalue weighted by atomic mass is 10.1. The molecule has 0 spiro atoms. The van der Waals surface area contributed by atoms with Crippen LogP contribution in [-0.2, 0) is 27.4 Å². The molecule has 1 amide bonds. The summed E-state index contributed by atoms with van der Waals surface area (Å²) < 4.78 is 16.3. The molecule has 0 saturated carbocycles. The Morgan fingerprint density at radius 1 is 1.14 bits per heavy atom. The van der Waals surface area contributed by atoms with Crippen molar-refractivity contribution < 1.29 is 28.3 Å². The van der Waals surface area contributed by atoms with E-state index in [4.69, 9.17) is 13.9 Å². The molecule has 0 aliphatic heterocycles. The Morgan fingerprint density at radius 2 is 1.93 bits per heavy atom. The average molecular weight is 415 g/mol. The fourth-order valence-corrected chi connectivity index (χ4v) is 3.58. The van der Waals surface area contributed by atoms with Crippen molar-refractivity contribution in [2.75, 3.05) is 13.2 Å². The molecule has 0 saturated heterocycles. The number of benzene rings is 1. The number of ketones is 1. The first-order valence-electron chi connectivity index (χ1n) is 9.11. The molecule has 1 N–H and O–H groups in total. The fourth-order valence-electron chi connectivity index (χ4n) is 2.71. The Balaban J connectivity index is 1.67. The first kappa shape index (κ1) is 20.8. The first-order valence-corrected chi connectivity index (χ1v) is 9.92. The summed E-state index contributed by atoms with van der Waals surface area (Å²) >= 11 is 1.25. The van der Waals surface area contributed by atoms with E-state index < -0.39 is 12.6 Å². The molecule has 0 aliphatic carbocycles. The summed E-state index contributed by atoms with van der Waals surface area (Å²) in [6.07, 6.45) is 0. The molecule has 2 aromatic heterocycles. The summed E-state index contributed by atoms with van der Waals surface area (Å²) in [5, 5.41) is 3.45. The van der Waals surface area contributed by atoms with Crippen LogP contribution in [0.25, 0.3) is 11.0 Å². The van der Waals surface area contributed by atoms with Gasteiger partial charge in [-0.15, -0.1) is 11.3 Å². The highest BCUT2D eigenvalue weighted by Crippen LogP contribution is 2.27. The number of amides is 1. The lowest BCUT2D eigenvalue weighted by molar-refractivity contribution is -0.119. The minimum Gasteiger partial charge on any atom is -0.451 e. The van der Waals surface area contributed by atoms with Gasteiger partial charge in [0.25, 0.3) is 0 Å². The van der Waals surface area contributed by atoms with Crippen molar-refractivity contribution in [2.45, 2.75) is 27.0 Å². The normalized spacial score (nSPS) is 10.8. The predicted octanol–water partition coefficient (Wildman–Crippen LogP) is 3.71. The number of para-hydroxylation sites is 1. The minimum absolute atomic E-state index is 0.0463. The fraction of sp³-hybridized carbons (Fsp3) is 0.286. The van der Waals surface area contributed by atoms with E-state index in [1.165, 1.54) is 18.3 Å². The molecular weight excluding hydrogens is 394 g/mol. The van der Waals surface area contributed by atoms with Gasteiger partial charge in [-0.25, -0.2) is 4.79 Å². The van der Waals surface area contributed by atoms with Gasteiger partial charge in [0.2, 0.25) is 17.5 Å². The highest BCUT2D eigenvalue weighted by molar-refractivity contribution is 7.14. The second-order valence-electron chi connectivity index (χ2n) is 6.22. The van der Waals surface area contributed by atoms with Crippen LogP contribution in [-0.4, -0.2) is 30.9 Å². The number of carbonyl (C=O) groups is 3. The Morgan fingerprint density at radius 3 is 2.69 bits per heavy atom. The Kier molecular flexibility index (Phi) is 6.79. The third kappa shape index (κ3) is 5.10. The van der Waals surface area contributed by atoms with E-state index in [-0.39, 0.29) is 24.1 Å². The van der Waals surface area contributed by atoms with Crippen LogP contribution in [0.3, 0.4) is 0 Å². The molecule has 8 heteroatoms. The van der Waals surface area contributed by atoms with E-state index in [1.54, 1.807) is 18.2 Å². The van der Waals surface area contributed by atoms with Gasteiger partial charge < -0.3 is 19.2 Å². The molecular formula is C21H21NO6S. The molecule has 3 rings (SSSR count). The standard InChI is InChI=1S/C21H21NO6S/c1-3-26-11-16-15-6-4-5-7-18(15)28-20(16)21(25)27-12-17(24)19-9-8-14(29-19)10-22-13(2)23/h4-9H,3,10-12H2,1-2H3,(H,22,23). The molecule has 1 aromatic carbocycles. The molecule has 0 bridgehead atoms. The van der Waals surface area contributed by atoms with Crippen LogP contribution in [0.4, 0.5) is 0 Å². The van der Waals surface area contributed by atoms with Crippen LogP contribution >= 0.6 is 11.3 Å². The summed E-state index contributed by atoms with van der Waals surface area (Å²) in [7, 11) is 0. The zero-order valence-electron chi connectivity index (χ0n) is 16.2. The van der Waals surface area contributed by atoms with Crippen molar-refractivity contribution in [3.63, 3.8) is 0 Å². The van der Waals surface area contributed by atoms with Crippen LogP contribution in [0.15, 0.2) is 40.8 Å². The summed E-state index contributed by atoms with van der Waals surface area (Å²) in [6.45, 7) is 3.95. The van der Waals surface area contributed by atoms with Crippen LogP contribution in [0.1, 0.15) is 44.5 Å². The van der Waals surface area contributed by atoms with Gasteiger partial charge in [0.1, 0.15) is 5.58 Å². The van der Waals surface area contributed by atoms with Gasteiger partial charge in [0.05, 0.1) is 18.0 Å². The number of hydrogen-bond acceptors (Lipinski definition) is 7. The van der Waals surface area contributed by atoms with Gasteiger partial charge in [-0.05, 0) is 25.1 Å². The topological polar surface area (TPSA) is 94.8 Å². The monoisotopic (exact) mass is 415 g/mol. The molecule has 152 valence electrons. The number of nitrogens with one attached hydrogen (secondary N) is 1. The van der Waals surface area contributed by atoms with Gasteiger partial charge in [-0.2, -0.15) is 0 Å². The number of fused-ring (bicyclic) bond motifs is 1. The van der Waals surface area contributed by atoms with E-state index in [1.807, 2.05) is 25.1 Å². The maximum atomic E-state index is 12.5. The number of hydrogen-bond donors (Lipinski definition) is 1. The Hall–Kier alpha value is -2.97. The molecule has 29 heavy (non-hydrogen) atoms. The average Bonchev–Trinajstić information content (AvgIpc) is 3.33. The molecule has 0 fully saturated rings. The van der Waals surface area contributed by atoms with Crippen molar-refractivity contribution in [3.05, 3.63) is 57.5 Å². The summed E-state index contributed by atoms with van der Waals surface area (Å²) in [4.78, 5) is 37.2. The van der Waals surface area contributed by atoms with Crippen molar-refractivity contribution in [1.29, 1.82) is 0 Å². The number of carbonyl (C=O) groups excluding carboxylic acids is 3. The van der Waals surface area contributed by atoms with Crippen LogP contribution in [0.2, 0.25) is 0 Å². The molecule has 0 radical (unpaired) electrons. The minimum atomic E-state index is -0.709. The van der Waals surface area contributed by atoms with Crippen LogP contribution in [0, 0.1) is 0 Å². The van der Waals surface area contributed by atoms with Gasteiger partial charge >= 0.3 is 5.97 Å². The number of ether oxygens (including phenoxy) is 2.